The molecule has 1 aliphatic carbocycles. The van der Waals surface area contributed by atoms with Crippen LogP contribution in [0.4, 0.5) is 0 Å². The highest BCUT2D eigenvalue weighted by Gasteiger charge is 2.33. The van der Waals surface area contributed by atoms with Crippen molar-refractivity contribution in [2.75, 3.05) is 20.1 Å². The van der Waals surface area contributed by atoms with Crippen molar-refractivity contribution in [3.8, 4) is 24.7 Å². The Morgan fingerprint density at radius 3 is 2.37 bits per heavy atom. The van der Waals surface area contributed by atoms with E-state index in [4.69, 9.17) is 18.7 Å². The monoisotopic (exact) mass is 595 g/mol. The van der Waals surface area contributed by atoms with Gasteiger partial charge in [-0.25, -0.2) is 0 Å². The van der Waals surface area contributed by atoms with Gasteiger partial charge >= 0.3 is 0 Å². The third-order valence-corrected chi connectivity index (χ3v) is 8.12. The van der Waals surface area contributed by atoms with Gasteiger partial charge in [0.05, 0.1) is 18.1 Å². The summed E-state index contributed by atoms with van der Waals surface area (Å²) in [7, 11) is 1.65. The van der Waals surface area contributed by atoms with E-state index in [2.05, 4.69) is 27.9 Å². The molecule has 0 aromatic heterocycles. The SMILES string of the molecule is C#CCC[C@H](NC(=O)[C@@H](CC(=O)N(C)CCNN)Cc1ccccc1)C(=O)N[C@@H](CC1CCCCC1)[C@@H](O)[C@@H](O)CC#C. The molecule has 2 rings (SSSR count). The number of amides is 3. The van der Waals surface area contributed by atoms with Crippen LogP contribution in [0.2, 0.25) is 0 Å². The zero-order valence-electron chi connectivity index (χ0n) is 25.3. The highest BCUT2D eigenvalue weighted by Crippen LogP contribution is 2.28. The van der Waals surface area contributed by atoms with Gasteiger partial charge < -0.3 is 25.7 Å². The highest BCUT2D eigenvalue weighted by molar-refractivity contribution is 5.91. The first-order chi connectivity index (χ1) is 20.7. The van der Waals surface area contributed by atoms with Crippen LogP contribution < -0.4 is 21.9 Å². The second-order valence-corrected chi connectivity index (χ2v) is 11.5. The first-order valence-electron chi connectivity index (χ1n) is 15.2. The van der Waals surface area contributed by atoms with E-state index in [0.29, 0.717) is 31.8 Å². The maximum atomic E-state index is 13.7. The molecule has 0 saturated heterocycles. The molecule has 10 nitrogen and oxygen atoms in total. The van der Waals surface area contributed by atoms with Crippen molar-refractivity contribution in [3.05, 3.63) is 35.9 Å². The summed E-state index contributed by atoms with van der Waals surface area (Å²) in [6, 6.07) is 7.61. The number of nitrogens with zero attached hydrogens (tertiary/aromatic N) is 1. The number of aliphatic hydroxyl groups is 2. The Balaban J connectivity index is 2.23. The van der Waals surface area contributed by atoms with Gasteiger partial charge in [0, 0.05) is 39.4 Å². The van der Waals surface area contributed by atoms with Gasteiger partial charge in [0.25, 0.3) is 0 Å². The zero-order valence-corrected chi connectivity index (χ0v) is 25.3. The van der Waals surface area contributed by atoms with Crippen LogP contribution in [0.1, 0.15) is 69.8 Å². The molecule has 3 amide bonds. The van der Waals surface area contributed by atoms with Crippen molar-refractivity contribution in [2.45, 2.75) is 94.9 Å². The summed E-state index contributed by atoms with van der Waals surface area (Å²) >= 11 is 0. The summed E-state index contributed by atoms with van der Waals surface area (Å²) in [6.07, 6.45) is 14.7. The smallest absolute Gasteiger partial charge is 0.242 e. The Morgan fingerprint density at radius 1 is 1.05 bits per heavy atom. The number of rotatable bonds is 18. The Bertz CT molecular complexity index is 1080. The summed E-state index contributed by atoms with van der Waals surface area (Å²) < 4.78 is 0. The van der Waals surface area contributed by atoms with E-state index in [-0.39, 0.29) is 31.6 Å². The van der Waals surface area contributed by atoms with Gasteiger partial charge in [-0.2, -0.15) is 0 Å². The second-order valence-electron chi connectivity index (χ2n) is 11.5. The molecule has 5 atom stereocenters. The molecule has 43 heavy (non-hydrogen) atoms. The van der Waals surface area contributed by atoms with E-state index in [0.717, 1.165) is 37.7 Å². The number of nitrogens with two attached hydrogens (primary N) is 1. The molecule has 7 N–H and O–H groups in total. The average molecular weight is 596 g/mol. The summed E-state index contributed by atoms with van der Waals surface area (Å²) in [5.74, 6) is 8.59. The number of hydrogen-bond acceptors (Lipinski definition) is 7. The third kappa shape index (κ3) is 12.8. The first kappa shape index (κ1) is 35.8. The lowest BCUT2D eigenvalue weighted by atomic mass is 9.82. The number of hydrazine groups is 1. The minimum atomic E-state index is -1.27. The molecular formula is C33H49N5O5. The van der Waals surface area contributed by atoms with Crippen molar-refractivity contribution in [3.63, 3.8) is 0 Å². The van der Waals surface area contributed by atoms with Crippen molar-refractivity contribution >= 4 is 17.7 Å². The van der Waals surface area contributed by atoms with Crippen LogP contribution in [0.15, 0.2) is 30.3 Å². The molecule has 0 spiro atoms. The Hall–Kier alpha value is -3.41. The van der Waals surface area contributed by atoms with Crippen LogP contribution in [-0.4, -0.2) is 77.3 Å². The summed E-state index contributed by atoms with van der Waals surface area (Å²) in [6.45, 7) is 0.772. The molecule has 1 aliphatic rings. The third-order valence-electron chi connectivity index (χ3n) is 8.12. The number of aliphatic hydroxyl groups excluding tert-OH is 2. The van der Waals surface area contributed by atoms with Crippen LogP contribution in [0.5, 0.6) is 0 Å². The number of likely N-dealkylation sites (N-methyl/N-ethyl adjacent to an activating group) is 1. The van der Waals surface area contributed by atoms with Gasteiger partial charge in [0.2, 0.25) is 17.7 Å². The second kappa shape index (κ2) is 19.7. The van der Waals surface area contributed by atoms with E-state index in [9.17, 15) is 24.6 Å². The summed E-state index contributed by atoms with van der Waals surface area (Å²) in [5, 5.41) is 27.2. The molecule has 1 fully saturated rings. The van der Waals surface area contributed by atoms with Gasteiger partial charge in [-0.1, -0.05) is 62.4 Å². The van der Waals surface area contributed by atoms with E-state index in [1.165, 1.54) is 4.90 Å². The van der Waals surface area contributed by atoms with E-state index in [1.54, 1.807) is 7.05 Å². The fourth-order valence-electron chi connectivity index (χ4n) is 5.52. The quantitative estimate of drug-likeness (QED) is 0.0847. The number of nitrogens with one attached hydrogen (secondary N) is 3. The molecule has 1 aromatic rings. The van der Waals surface area contributed by atoms with Gasteiger partial charge in [0.1, 0.15) is 12.1 Å². The normalized spacial score (nSPS) is 16.9. The maximum Gasteiger partial charge on any atom is 0.242 e. The fourth-order valence-corrected chi connectivity index (χ4v) is 5.52. The van der Waals surface area contributed by atoms with Crippen molar-refractivity contribution in [2.24, 2.45) is 17.7 Å². The van der Waals surface area contributed by atoms with E-state index < -0.39 is 42.0 Å². The molecule has 0 bridgehead atoms. The van der Waals surface area contributed by atoms with Crippen LogP contribution in [0.25, 0.3) is 0 Å². The topological polar surface area (TPSA) is 157 Å². The largest absolute Gasteiger partial charge is 0.389 e. The Kier molecular flexibility index (Phi) is 16.4. The zero-order chi connectivity index (χ0) is 31.6. The Morgan fingerprint density at radius 2 is 1.74 bits per heavy atom. The molecular weight excluding hydrogens is 546 g/mol. The van der Waals surface area contributed by atoms with Crippen molar-refractivity contribution in [1.82, 2.24) is 21.0 Å². The lowest BCUT2D eigenvalue weighted by Crippen LogP contribution is -2.56. The molecule has 1 saturated carbocycles. The van der Waals surface area contributed by atoms with E-state index >= 15 is 0 Å². The lowest BCUT2D eigenvalue weighted by Gasteiger charge is -2.33. The number of carbonyl (C=O) groups is 3. The molecule has 236 valence electrons. The van der Waals surface area contributed by atoms with Crippen molar-refractivity contribution < 1.29 is 24.6 Å². The Labute approximate surface area is 256 Å². The standard InChI is InChI=1S/C33H49N5O5/c1-4-6-18-27(33(43)37-28(31(41)29(39)13-5-2)22-25-16-11-8-12-17-25)36-32(42)26(21-24-14-9-7-10-15-24)23-30(40)38(3)20-19-35-34/h1-2,7,9-10,14-15,25-29,31,35,39,41H,6,8,11-13,16-23,34H2,3H3,(H,36,42)(H,37,43)/t26-,27+,28+,29+,31-/m1/s1. The van der Waals surface area contributed by atoms with Crippen LogP contribution in [0.3, 0.4) is 0 Å². The minimum Gasteiger partial charge on any atom is -0.389 e. The van der Waals surface area contributed by atoms with Crippen molar-refractivity contribution in [1.29, 1.82) is 0 Å². The molecule has 0 aliphatic heterocycles. The van der Waals surface area contributed by atoms with Crippen LogP contribution in [0, 0.1) is 36.5 Å². The number of hydrogen-bond donors (Lipinski definition) is 6. The number of benzene rings is 1. The minimum absolute atomic E-state index is 0.0551. The average Bonchev–Trinajstić information content (AvgIpc) is 3.01. The summed E-state index contributed by atoms with van der Waals surface area (Å²) in [4.78, 5) is 41.8. The predicted octanol–water partition coefficient (Wildman–Crippen LogP) is 1.26. The molecule has 10 heteroatoms. The predicted molar refractivity (Wildman–Crippen MR) is 167 cm³/mol. The molecule has 0 heterocycles. The number of terminal acetylenes is 2. The van der Waals surface area contributed by atoms with Gasteiger partial charge in [0.15, 0.2) is 0 Å². The lowest BCUT2D eigenvalue weighted by molar-refractivity contribution is -0.137. The van der Waals surface area contributed by atoms with Gasteiger partial charge in [-0.15, -0.1) is 24.7 Å². The molecule has 1 aromatic carbocycles. The van der Waals surface area contributed by atoms with Crippen LogP contribution in [-0.2, 0) is 20.8 Å². The van der Waals surface area contributed by atoms with Gasteiger partial charge in [-0.05, 0) is 30.7 Å². The maximum absolute atomic E-state index is 13.7. The highest BCUT2D eigenvalue weighted by atomic mass is 16.3. The van der Waals surface area contributed by atoms with Gasteiger partial charge in [-0.3, -0.25) is 25.7 Å². The fraction of sp³-hybridized carbons (Fsp3) is 0.606. The van der Waals surface area contributed by atoms with E-state index in [1.807, 2.05) is 30.3 Å². The molecule has 0 radical (unpaired) electrons. The van der Waals surface area contributed by atoms with Crippen LogP contribution >= 0.6 is 0 Å². The first-order valence-corrected chi connectivity index (χ1v) is 15.2. The summed E-state index contributed by atoms with van der Waals surface area (Å²) in [5.41, 5.74) is 3.39. The number of carbonyl (C=O) groups excluding carboxylic acids is 3. The molecule has 0 unspecified atom stereocenters.